The van der Waals surface area contributed by atoms with Gasteiger partial charge in [-0.1, -0.05) is 12.1 Å². The van der Waals surface area contributed by atoms with E-state index in [0.29, 0.717) is 18.8 Å². The molecule has 0 aliphatic heterocycles. The number of phenols is 1. The van der Waals surface area contributed by atoms with Crippen LogP contribution in [-0.2, 0) is 0 Å². The van der Waals surface area contributed by atoms with Gasteiger partial charge in [0.2, 0.25) is 0 Å². The molecule has 0 spiro atoms. The molecular formula is C15H26N2O2. The number of aromatic hydroxyl groups is 1. The topological polar surface area (TPSA) is 55.7 Å². The van der Waals surface area contributed by atoms with Crippen molar-refractivity contribution in [3.05, 3.63) is 29.3 Å². The molecule has 2 unspecified atom stereocenters. The molecule has 0 saturated carbocycles. The highest BCUT2D eigenvalue weighted by Crippen LogP contribution is 2.25. The quantitative estimate of drug-likeness (QED) is 0.733. The third-order valence-corrected chi connectivity index (χ3v) is 3.10. The SMILES string of the molecule is Cc1ccc(C(C)NCC(C)(O)CN(C)C)c(O)c1. The minimum absolute atomic E-state index is 0.00534. The van der Waals surface area contributed by atoms with Crippen molar-refractivity contribution in [2.45, 2.75) is 32.4 Å². The number of hydrogen-bond acceptors (Lipinski definition) is 4. The lowest BCUT2D eigenvalue weighted by Crippen LogP contribution is -2.46. The summed E-state index contributed by atoms with van der Waals surface area (Å²) in [4.78, 5) is 1.95. The Hall–Kier alpha value is -1.10. The molecule has 0 radical (unpaired) electrons. The Balaban J connectivity index is 2.62. The van der Waals surface area contributed by atoms with Crippen LogP contribution in [0.15, 0.2) is 18.2 Å². The fraction of sp³-hybridized carbons (Fsp3) is 0.600. The zero-order valence-corrected chi connectivity index (χ0v) is 12.6. The van der Waals surface area contributed by atoms with Gasteiger partial charge < -0.3 is 20.4 Å². The summed E-state index contributed by atoms with van der Waals surface area (Å²) in [6, 6.07) is 5.65. The summed E-state index contributed by atoms with van der Waals surface area (Å²) in [5.41, 5.74) is 1.09. The molecule has 0 bridgehead atoms. The van der Waals surface area contributed by atoms with E-state index < -0.39 is 5.60 Å². The van der Waals surface area contributed by atoms with E-state index in [0.717, 1.165) is 11.1 Å². The second-order valence-corrected chi connectivity index (χ2v) is 5.90. The van der Waals surface area contributed by atoms with Crippen LogP contribution in [0, 0.1) is 6.92 Å². The summed E-state index contributed by atoms with van der Waals surface area (Å²) in [5.74, 6) is 0.298. The van der Waals surface area contributed by atoms with Gasteiger partial charge in [-0.15, -0.1) is 0 Å². The molecule has 1 rings (SSSR count). The van der Waals surface area contributed by atoms with Crippen molar-refractivity contribution in [1.82, 2.24) is 10.2 Å². The van der Waals surface area contributed by atoms with Gasteiger partial charge in [0.1, 0.15) is 5.75 Å². The fourth-order valence-corrected chi connectivity index (χ4v) is 2.24. The van der Waals surface area contributed by atoms with Gasteiger partial charge in [-0.25, -0.2) is 0 Å². The maximum absolute atomic E-state index is 10.2. The molecule has 0 aliphatic carbocycles. The molecule has 1 aromatic rings. The molecule has 19 heavy (non-hydrogen) atoms. The molecule has 0 fully saturated rings. The monoisotopic (exact) mass is 266 g/mol. The minimum atomic E-state index is -0.794. The molecule has 0 heterocycles. The Morgan fingerprint density at radius 3 is 2.53 bits per heavy atom. The Kier molecular flexibility index (Phi) is 5.35. The number of nitrogens with one attached hydrogen (secondary N) is 1. The van der Waals surface area contributed by atoms with Gasteiger partial charge in [-0.2, -0.15) is 0 Å². The first-order chi connectivity index (χ1) is 8.71. The summed E-state index contributed by atoms with van der Waals surface area (Å²) >= 11 is 0. The van der Waals surface area contributed by atoms with E-state index in [9.17, 15) is 10.2 Å². The highest BCUT2D eigenvalue weighted by atomic mass is 16.3. The zero-order valence-electron chi connectivity index (χ0n) is 12.6. The van der Waals surface area contributed by atoms with Crippen LogP contribution in [0.25, 0.3) is 0 Å². The maximum Gasteiger partial charge on any atom is 0.120 e. The molecular weight excluding hydrogens is 240 g/mol. The number of aliphatic hydroxyl groups is 1. The number of likely N-dealkylation sites (N-methyl/N-ethyl adjacent to an activating group) is 1. The summed E-state index contributed by atoms with van der Waals surface area (Å²) in [6.45, 7) is 6.80. The molecule has 0 saturated heterocycles. The molecule has 0 aliphatic rings. The first-order valence-electron chi connectivity index (χ1n) is 6.61. The lowest BCUT2D eigenvalue weighted by molar-refractivity contribution is 0.0317. The largest absolute Gasteiger partial charge is 0.508 e. The van der Waals surface area contributed by atoms with E-state index in [1.54, 1.807) is 6.07 Å². The maximum atomic E-state index is 10.2. The van der Waals surface area contributed by atoms with Crippen LogP contribution in [-0.4, -0.2) is 47.9 Å². The molecule has 4 heteroatoms. The molecule has 3 N–H and O–H groups in total. The van der Waals surface area contributed by atoms with Crippen LogP contribution in [0.2, 0.25) is 0 Å². The minimum Gasteiger partial charge on any atom is -0.508 e. The lowest BCUT2D eigenvalue weighted by Gasteiger charge is -2.29. The van der Waals surface area contributed by atoms with E-state index in [1.165, 1.54) is 0 Å². The average Bonchev–Trinajstić information content (AvgIpc) is 2.24. The smallest absolute Gasteiger partial charge is 0.120 e. The van der Waals surface area contributed by atoms with Gasteiger partial charge in [0.15, 0.2) is 0 Å². The molecule has 4 nitrogen and oxygen atoms in total. The van der Waals surface area contributed by atoms with Crippen molar-refractivity contribution >= 4 is 0 Å². The van der Waals surface area contributed by atoms with Crippen molar-refractivity contribution in [1.29, 1.82) is 0 Å². The fourth-order valence-electron chi connectivity index (χ4n) is 2.24. The Labute approximate surface area is 116 Å². The number of rotatable bonds is 6. The van der Waals surface area contributed by atoms with Crippen molar-refractivity contribution in [2.75, 3.05) is 27.2 Å². The van der Waals surface area contributed by atoms with Crippen LogP contribution in [0.4, 0.5) is 0 Å². The lowest BCUT2D eigenvalue weighted by atomic mass is 10.0. The van der Waals surface area contributed by atoms with Crippen molar-refractivity contribution in [3.63, 3.8) is 0 Å². The van der Waals surface area contributed by atoms with Gasteiger partial charge in [-0.05, 0) is 46.5 Å². The summed E-state index contributed by atoms with van der Waals surface area (Å²) < 4.78 is 0. The Morgan fingerprint density at radius 1 is 1.37 bits per heavy atom. The number of nitrogens with zero attached hydrogens (tertiary/aromatic N) is 1. The van der Waals surface area contributed by atoms with Gasteiger partial charge in [-0.3, -0.25) is 0 Å². The summed E-state index contributed by atoms with van der Waals surface area (Å²) in [6.07, 6.45) is 0. The highest BCUT2D eigenvalue weighted by molar-refractivity contribution is 5.37. The Bertz CT molecular complexity index is 417. The van der Waals surface area contributed by atoms with Crippen molar-refractivity contribution < 1.29 is 10.2 Å². The second kappa shape index (κ2) is 6.37. The van der Waals surface area contributed by atoms with Crippen molar-refractivity contribution in [2.24, 2.45) is 0 Å². The second-order valence-electron chi connectivity index (χ2n) is 5.90. The molecule has 0 amide bonds. The molecule has 2 atom stereocenters. The van der Waals surface area contributed by atoms with Gasteiger partial charge >= 0.3 is 0 Å². The molecule has 108 valence electrons. The molecule has 1 aromatic carbocycles. The van der Waals surface area contributed by atoms with E-state index in [1.807, 2.05) is 51.9 Å². The van der Waals surface area contributed by atoms with E-state index in [2.05, 4.69) is 5.32 Å². The van der Waals surface area contributed by atoms with Crippen LogP contribution >= 0.6 is 0 Å². The average molecular weight is 266 g/mol. The predicted octanol–water partition coefficient (Wildman–Crippen LogP) is 1.66. The van der Waals surface area contributed by atoms with E-state index in [-0.39, 0.29) is 6.04 Å². The van der Waals surface area contributed by atoms with Crippen LogP contribution in [0.3, 0.4) is 0 Å². The molecule has 0 aromatic heterocycles. The highest BCUT2D eigenvalue weighted by Gasteiger charge is 2.22. The number of benzene rings is 1. The summed E-state index contributed by atoms with van der Waals surface area (Å²) in [5, 5.41) is 23.4. The zero-order chi connectivity index (χ0) is 14.6. The standard InChI is InChI=1S/C15H26N2O2/c1-11-6-7-13(14(18)8-11)12(2)16-9-15(3,19)10-17(4)5/h6-8,12,16,18-19H,9-10H2,1-5H3. The predicted molar refractivity (Wildman–Crippen MR) is 78.4 cm³/mol. The van der Waals surface area contributed by atoms with E-state index >= 15 is 0 Å². The summed E-state index contributed by atoms with van der Waals surface area (Å²) in [7, 11) is 3.87. The third-order valence-electron chi connectivity index (χ3n) is 3.10. The van der Waals surface area contributed by atoms with Gasteiger partial charge in [0.25, 0.3) is 0 Å². The number of hydrogen-bond donors (Lipinski definition) is 3. The van der Waals surface area contributed by atoms with Crippen LogP contribution in [0.5, 0.6) is 5.75 Å². The Morgan fingerprint density at radius 2 is 2.00 bits per heavy atom. The van der Waals surface area contributed by atoms with Gasteiger partial charge in [0.05, 0.1) is 5.60 Å². The first kappa shape index (κ1) is 16.0. The van der Waals surface area contributed by atoms with E-state index in [4.69, 9.17) is 0 Å². The number of aryl methyl sites for hydroxylation is 1. The normalized spacial score (nSPS) is 16.4. The number of phenolic OH excluding ortho intramolecular Hbond substituents is 1. The van der Waals surface area contributed by atoms with Crippen LogP contribution < -0.4 is 5.32 Å². The third kappa shape index (κ3) is 5.19. The van der Waals surface area contributed by atoms with Crippen LogP contribution in [0.1, 0.15) is 31.0 Å². The first-order valence-corrected chi connectivity index (χ1v) is 6.61. The van der Waals surface area contributed by atoms with Gasteiger partial charge in [0, 0.05) is 24.7 Å². The van der Waals surface area contributed by atoms with Crippen molar-refractivity contribution in [3.8, 4) is 5.75 Å².